The summed E-state index contributed by atoms with van der Waals surface area (Å²) in [5, 5.41) is 0. The predicted molar refractivity (Wildman–Crippen MR) is 62.0 cm³/mol. The van der Waals surface area contributed by atoms with Crippen molar-refractivity contribution < 1.29 is 17.6 Å². The Balaban J connectivity index is 2.72. The van der Waals surface area contributed by atoms with Crippen LogP contribution < -0.4 is 0 Å². The minimum absolute atomic E-state index is 0.0259. The SMILES string of the molecule is Fc1c[nH]c(=S)c(-c2ccccc2C(F)(F)F)c1. The van der Waals surface area contributed by atoms with E-state index in [0.717, 1.165) is 18.3 Å². The lowest BCUT2D eigenvalue weighted by Gasteiger charge is -2.12. The minimum atomic E-state index is -4.51. The molecule has 2 rings (SSSR count). The van der Waals surface area contributed by atoms with Crippen molar-refractivity contribution >= 4 is 12.2 Å². The summed E-state index contributed by atoms with van der Waals surface area (Å²) >= 11 is 4.89. The zero-order valence-electron chi connectivity index (χ0n) is 8.88. The number of hydrogen-bond donors (Lipinski definition) is 1. The van der Waals surface area contributed by atoms with E-state index in [-0.39, 0.29) is 15.8 Å². The van der Waals surface area contributed by atoms with Crippen LogP contribution >= 0.6 is 12.2 Å². The number of halogens is 4. The first-order valence-electron chi connectivity index (χ1n) is 4.94. The molecule has 0 aliphatic rings. The molecular formula is C12H7F4NS. The molecule has 0 unspecified atom stereocenters. The molecule has 0 saturated carbocycles. The summed E-state index contributed by atoms with van der Waals surface area (Å²) in [5.41, 5.74) is -0.946. The van der Waals surface area contributed by atoms with Gasteiger partial charge in [-0.15, -0.1) is 0 Å². The van der Waals surface area contributed by atoms with Gasteiger partial charge in [0.2, 0.25) is 0 Å². The normalized spacial score (nSPS) is 11.6. The fraction of sp³-hybridized carbons (Fsp3) is 0.0833. The molecule has 18 heavy (non-hydrogen) atoms. The molecule has 1 N–H and O–H groups in total. The third-order valence-corrected chi connectivity index (χ3v) is 2.73. The standard InChI is InChI=1S/C12H7F4NS/c13-7-5-9(11(18)17-6-7)8-3-1-2-4-10(8)12(14,15)16/h1-6H,(H,17,18). The molecule has 94 valence electrons. The van der Waals surface area contributed by atoms with Gasteiger partial charge in [-0.1, -0.05) is 30.4 Å². The molecule has 1 aromatic heterocycles. The molecule has 1 heterocycles. The molecule has 0 atom stereocenters. The van der Waals surface area contributed by atoms with Crippen LogP contribution in [0.5, 0.6) is 0 Å². The second-order valence-electron chi connectivity index (χ2n) is 3.60. The summed E-state index contributed by atoms with van der Waals surface area (Å²) in [5.74, 6) is -0.671. The van der Waals surface area contributed by atoms with Crippen molar-refractivity contribution in [2.45, 2.75) is 6.18 Å². The van der Waals surface area contributed by atoms with E-state index in [0.29, 0.717) is 0 Å². The topological polar surface area (TPSA) is 15.8 Å². The van der Waals surface area contributed by atoms with Gasteiger partial charge in [0.1, 0.15) is 10.5 Å². The first-order chi connectivity index (χ1) is 8.39. The Labute approximate surface area is 105 Å². The Hall–Kier alpha value is -1.69. The van der Waals surface area contributed by atoms with Crippen molar-refractivity contribution in [2.75, 3.05) is 0 Å². The van der Waals surface area contributed by atoms with Gasteiger partial charge in [0.05, 0.1) is 5.56 Å². The van der Waals surface area contributed by atoms with Crippen LogP contribution in [-0.4, -0.2) is 4.98 Å². The van der Waals surface area contributed by atoms with Crippen LogP contribution in [0.1, 0.15) is 5.56 Å². The maximum absolute atomic E-state index is 13.1. The Kier molecular flexibility index (Phi) is 3.21. The average Bonchev–Trinajstić information content (AvgIpc) is 2.31. The van der Waals surface area contributed by atoms with Crippen molar-refractivity contribution in [3.05, 3.63) is 52.5 Å². The molecule has 0 fully saturated rings. The second-order valence-corrected chi connectivity index (χ2v) is 4.01. The number of alkyl halides is 3. The molecule has 0 spiro atoms. The van der Waals surface area contributed by atoms with Crippen molar-refractivity contribution in [1.29, 1.82) is 0 Å². The van der Waals surface area contributed by atoms with E-state index in [2.05, 4.69) is 4.98 Å². The van der Waals surface area contributed by atoms with Gasteiger partial charge in [-0.3, -0.25) is 0 Å². The van der Waals surface area contributed by atoms with Gasteiger partial charge in [-0.05, 0) is 17.7 Å². The molecule has 0 radical (unpaired) electrons. The van der Waals surface area contributed by atoms with E-state index in [1.54, 1.807) is 0 Å². The highest BCUT2D eigenvalue weighted by Crippen LogP contribution is 2.37. The third kappa shape index (κ3) is 2.43. The van der Waals surface area contributed by atoms with Crippen molar-refractivity contribution in [1.82, 2.24) is 4.98 Å². The molecule has 2 aromatic rings. The highest BCUT2D eigenvalue weighted by Gasteiger charge is 2.33. The number of H-pyrrole nitrogens is 1. The van der Waals surface area contributed by atoms with Crippen LogP contribution in [0.4, 0.5) is 17.6 Å². The average molecular weight is 273 g/mol. The predicted octanol–water partition coefficient (Wildman–Crippen LogP) is 4.57. The molecule has 0 aliphatic heterocycles. The number of nitrogens with one attached hydrogen (secondary N) is 1. The Morgan fingerprint density at radius 1 is 1.06 bits per heavy atom. The van der Waals surface area contributed by atoms with Crippen molar-refractivity contribution in [3.8, 4) is 11.1 Å². The van der Waals surface area contributed by atoms with E-state index in [4.69, 9.17) is 12.2 Å². The van der Waals surface area contributed by atoms with Crippen molar-refractivity contribution in [3.63, 3.8) is 0 Å². The molecule has 6 heteroatoms. The second kappa shape index (κ2) is 4.53. The van der Waals surface area contributed by atoms with Crippen LogP contribution in [-0.2, 0) is 6.18 Å². The van der Waals surface area contributed by atoms with Gasteiger partial charge in [0, 0.05) is 11.8 Å². The molecule has 0 bridgehead atoms. The van der Waals surface area contributed by atoms with E-state index in [9.17, 15) is 17.6 Å². The summed E-state index contributed by atoms with van der Waals surface area (Å²) < 4.78 is 51.7. The van der Waals surface area contributed by atoms with Crippen molar-refractivity contribution in [2.24, 2.45) is 0 Å². The summed E-state index contributed by atoms with van der Waals surface area (Å²) in [6.45, 7) is 0. The monoisotopic (exact) mass is 273 g/mol. The number of aromatic nitrogens is 1. The van der Waals surface area contributed by atoms with Gasteiger partial charge in [0.15, 0.2) is 0 Å². The smallest absolute Gasteiger partial charge is 0.350 e. The largest absolute Gasteiger partial charge is 0.417 e. The molecule has 1 nitrogen and oxygen atoms in total. The highest BCUT2D eigenvalue weighted by molar-refractivity contribution is 7.71. The maximum Gasteiger partial charge on any atom is 0.417 e. The fourth-order valence-electron chi connectivity index (χ4n) is 1.62. The van der Waals surface area contributed by atoms with Gasteiger partial charge in [-0.25, -0.2) is 4.39 Å². The van der Waals surface area contributed by atoms with Crippen LogP contribution in [0, 0.1) is 10.5 Å². The van der Waals surface area contributed by atoms with Crippen LogP contribution in [0.2, 0.25) is 0 Å². The number of benzene rings is 1. The maximum atomic E-state index is 13.1. The molecular weight excluding hydrogens is 266 g/mol. The summed E-state index contributed by atoms with van der Waals surface area (Å²) in [6, 6.07) is 5.92. The van der Waals surface area contributed by atoms with Gasteiger partial charge in [-0.2, -0.15) is 13.2 Å². The number of hydrogen-bond acceptors (Lipinski definition) is 1. The van der Waals surface area contributed by atoms with Crippen LogP contribution in [0.15, 0.2) is 36.5 Å². The van der Waals surface area contributed by atoms with E-state index in [1.807, 2.05) is 0 Å². The fourth-order valence-corrected chi connectivity index (χ4v) is 1.85. The van der Waals surface area contributed by atoms with Gasteiger partial charge in [0.25, 0.3) is 0 Å². The molecule has 0 amide bonds. The lowest BCUT2D eigenvalue weighted by Crippen LogP contribution is -2.07. The zero-order chi connectivity index (χ0) is 13.3. The lowest BCUT2D eigenvalue weighted by atomic mass is 10.0. The highest BCUT2D eigenvalue weighted by atomic mass is 32.1. The zero-order valence-corrected chi connectivity index (χ0v) is 9.70. The molecule has 0 aliphatic carbocycles. The van der Waals surface area contributed by atoms with Crippen LogP contribution in [0.25, 0.3) is 11.1 Å². The van der Waals surface area contributed by atoms with E-state index < -0.39 is 17.6 Å². The first kappa shape index (κ1) is 12.8. The van der Waals surface area contributed by atoms with Gasteiger partial charge >= 0.3 is 6.18 Å². The summed E-state index contributed by atoms with van der Waals surface area (Å²) in [6.07, 6.45) is -3.51. The number of pyridine rings is 1. The quantitative estimate of drug-likeness (QED) is 0.594. The van der Waals surface area contributed by atoms with E-state index in [1.165, 1.54) is 18.2 Å². The third-order valence-electron chi connectivity index (χ3n) is 2.39. The first-order valence-corrected chi connectivity index (χ1v) is 5.35. The summed E-state index contributed by atoms with van der Waals surface area (Å²) in [7, 11) is 0. The van der Waals surface area contributed by atoms with E-state index >= 15 is 0 Å². The van der Waals surface area contributed by atoms with Gasteiger partial charge < -0.3 is 4.98 Å². The number of aromatic amines is 1. The Bertz CT molecular complexity index is 630. The van der Waals surface area contributed by atoms with Crippen LogP contribution in [0.3, 0.4) is 0 Å². The Morgan fingerprint density at radius 3 is 2.39 bits per heavy atom. The molecule has 0 saturated heterocycles. The molecule has 1 aromatic carbocycles. The summed E-state index contributed by atoms with van der Waals surface area (Å²) in [4.78, 5) is 2.42. The number of rotatable bonds is 1. The Morgan fingerprint density at radius 2 is 1.72 bits per heavy atom. The minimum Gasteiger partial charge on any atom is -0.350 e. The lowest BCUT2D eigenvalue weighted by molar-refractivity contribution is -0.137.